The highest BCUT2D eigenvalue weighted by Crippen LogP contribution is 2.20. The summed E-state index contributed by atoms with van der Waals surface area (Å²) in [4.78, 5) is 9.46. The van der Waals surface area contributed by atoms with Crippen LogP contribution in [-0.2, 0) is 5.88 Å². The molecule has 0 aromatic carbocycles. The molecular formula is C10H13ClF3N3. The van der Waals surface area contributed by atoms with E-state index >= 15 is 0 Å². The monoisotopic (exact) mass is 267 g/mol. The van der Waals surface area contributed by atoms with E-state index in [2.05, 4.69) is 9.97 Å². The molecule has 0 aliphatic rings. The van der Waals surface area contributed by atoms with E-state index < -0.39 is 12.6 Å². The SMILES string of the molecule is Cc1nc(N(C)CCC(F)(F)F)ncc1CCl. The first-order valence-corrected chi connectivity index (χ1v) is 5.53. The van der Waals surface area contributed by atoms with Gasteiger partial charge >= 0.3 is 6.18 Å². The molecule has 7 heteroatoms. The van der Waals surface area contributed by atoms with Crippen LogP contribution in [0.1, 0.15) is 17.7 Å². The molecule has 96 valence electrons. The molecule has 0 N–H and O–H groups in total. The van der Waals surface area contributed by atoms with Crippen molar-refractivity contribution in [3.05, 3.63) is 17.5 Å². The van der Waals surface area contributed by atoms with Crippen LogP contribution in [0.4, 0.5) is 19.1 Å². The van der Waals surface area contributed by atoms with Gasteiger partial charge in [0.25, 0.3) is 0 Å². The molecule has 0 bridgehead atoms. The first-order chi connectivity index (χ1) is 7.83. The minimum absolute atomic E-state index is 0.164. The average molecular weight is 268 g/mol. The largest absolute Gasteiger partial charge is 0.390 e. The maximum atomic E-state index is 12.0. The normalized spacial score (nSPS) is 11.6. The number of aryl methyl sites for hydroxylation is 1. The van der Waals surface area contributed by atoms with E-state index in [4.69, 9.17) is 11.6 Å². The van der Waals surface area contributed by atoms with Gasteiger partial charge in [-0.1, -0.05) is 0 Å². The zero-order valence-electron chi connectivity index (χ0n) is 9.55. The van der Waals surface area contributed by atoms with Crippen LogP contribution in [0.3, 0.4) is 0 Å². The van der Waals surface area contributed by atoms with Gasteiger partial charge in [-0.2, -0.15) is 13.2 Å². The maximum Gasteiger partial charge on any atom is 0.390 e. The molecule has 17 heavy (non-hydrogen) atoms. The lowest BCUT2D eigenvalue weighted by Crippen LogP contribution is -2.25. The average Bonchev–Trinajstić information content (AvgIpc) is 2.24. The zero-order valence-corrected chi connectivity index (χ0v) is 10.3. The van der Waals surface area contributed by atoms with Gasteiger partial charge in [0.1, 0.15) is 0 Å². The molecule has 0 atom stereocenters. The molecule has 1 aromatic rings. The van der Waals surface area contributed by atoms with Crippen molar-refractivity contribution in [1.29, 1.82) is 0 Å². The summed E-state index contributed by atoms with van der Waals surface area (Å²) in [5, 5.41) is 0. The quantitative estimate of drug-likeness (QED) is 0.786. The smallest absolute Gasteiger partial charge is 0.344 e. The van der Waals surface area contributed by atoms with Gasteiger partial charge in [0, 0.05) is 31.0 Å². The number of halogens is 4. The lowest BCUT2D eigenvalue weighted by Gasteiger charge is -2.18. The fourth-order valence-electron chi connectivity index (χ4n) is 1.19. The van der Waals surface area contributed by atoms with Gasteiger partial charge in [-0.15, -0.1) is 11.6 Å². The molecule has 3 nitrogen and oxygen atoms in total. The van der Waals surface area contributed by atoms with E-state index in [0.717, 1.165) is 5.56 Å². The van der Waals surface area contributed by atoms with Gasteiger partial charge in [-0.3, -0.25) is 0 Å². The van der Waals surface area contributed by atoms with Crippen molar-refractivity contribution in [2.75, 3.05) is 18.5 Å². The van der Waals surface area contributed by atoms with Gasteiger partial charge in [-0.25, -0.2) is 9.97 Å². The molecule has 1 rings (SSSR count). The Morgan fingerprint density at radius 3 is 2.53 bits per heavy atom. The highest BCUT2D eigenvalue weighted by Gasteiger charge is 2.27. The molecule has 1 heterocycles. The van der Waals surface area contributed by atoms with Crippen LogP contribution in [0.5, 0.6) is 0 Å². The van der Waals surface area contributed by atoms with Crippen molar-refractivity contribution in [1.82, 2.24) is 9.97 Å². The molecular weight excluding hydrogens is 255 g/mol. The lowest BCUT2D eigenvalue weighted by molar-refractivity contribution is -0.132. The fourth-order valence-corrected chi connectivity index (χ4v) is 1.45. The Morgan fingerprint density at radius 1 is 1.41 bits per heavy atom. The Bertz CT molecular complexity index is 382. The number of anilines is 1. The van der Waals surface area contributed by atoms with E-state index in [1.54, 1.807) is 6.92 Å². The first-order valence-electron chi connectivity index (χ1n) is 5.00. The standard InChI is InChI=1S/C10H13ClF3N3/c1-7-8(5-11)6-15-9(16-7)17(2)4-3-10(12,13)14/h6H,3-5H2,1-2H3. The Hall–Kier alpha value is -1.04. The Balaban J connectivity index is 2.69. The molecule has 0 spiro atoms. The fraction of sp³-hybridized carbons (Fsp3) is 0.600. The highest BCUT2D eigenvalue weighted by molar-refractivity contribution is 6.17. The van der Waals surface area contributed by atoms with Crippen molar-refractivity contribution in [3.63, 3.8) is 0 Å². The molecule has 0 amide bonds. The van der Waals surface area contributed by atoms with Gasteiger partial charge in [0.2, 0.25) is 5.95 Å². The summed E-state index contributed by atoms with van der Waals surface area (Å²) in [6.07, 6.45) is -3.52. The third kappa shape index (κ3) is 4.38. The van der Waals surface area contributed by atoms with Crippen LogP contribution in [0, 0.1) is 6.92 Å². The summed E-state index contributed by atoms with van der Waals surface area (Å²) in [5.41, 5.74) is 1.46. The van der Waals surface area contributed by atoms with E-state index in [0.29, 0.717) is 11.6 Å². The number of nitrogens with zero attached hydrogens (tertiary/aromatic N) is 3. The Morgan fingerprint density at radius 2 is 2.06 bits per heavy atom. The second-order valence-corrected chi connectivity index (χ2v) is 3.97. The summed E-state index contributed by atoms with van der Waals surface area (Å²) in [5.74, 6) is 0.568. The molecule has 0 aliphatic heterocycles. The van der Waals surface area contributed by atoms with Crippen molar-refractivity contribution in [2.45, 2.75) is 25.4 Å². The van der Waals surface area contributed by atoms with Gasteiger partial charge < -0.3 is 4.90 Å². The van der Waals surface area contributed by atoms with E-state index in [1.807, 2.05) is 0 Å². The zero-order chi connectivity index (χ0) is 13.1. The molecule has 0 aliphatic carbocycles. The minimum atomic E-state index is -4.17. The van der Waals surface area contributed by atoms with Gasteiger partial charge in [0.15, 0.2) is 0 Å². The van der Waals surface area contributed by atoms with Crippen LogP contribution in [0.2, 0.25) is 0 Å². The molecule has 0 fully saturated rings. The van der Waals surface area contributed by atoms with Crippen molar-refractivity contribution < 1.29 is 13.2 Å². The molecule has 0 radical (unpaired) electrons. The lowest BCUT2D eigenvalue weighted by atomic mass is 10.3. The van der Waals surface area contributed by atoms with Crippen LogP contribution in [0.15, 0.2) is 6.20 Å². The van der Waals surface area contributed by atoms with Crippen molar-refractivity contribution >= 4 is 17.5 Å². The summed E-state index contributed by atoms with van der Waals surface area (Å²) in [6, 6.07) is 0. The number of hydrogen-bond acceptors (Lipinski definition) is 3. The number of hydrogen-bond donors (Lipinski definition) is 0. The number of alkyl halides is 4. The molecule has 0 saturated heterocycles. The maximum absolute atomic E-state index is 12.0. The molecule has 0 saturated carbocycles. The predicted octanol–water partition coefficient (Wildman–Crippen LogP) is 2.91. The van der Waals surface area contributed by atoms with Crippen LogP contribution in [-0.4, -0.2) is 29.7 Å². The van der Waals surface area contributed by atoms with Gasteiger partial charge in [-0.05, 0) is 6.92 Å². The summed E-state index contributed by atoms with van der Waals surface area (Å²) >= 11 is 5.64. The predicted molar refractivity (Wildman–Crippen MR) is 60.3 cm³/mol. The van der Waals surface area contributed by atoms with Crippen LogP contribution < -0.4 is 4.90 Å². The Labute approximate surface area is 103 Å². The summed E-state index contributed by atoms with van der Waals surface area (Å²) < 4.78 is 36.1. The van der Waals surface area contributed by atoms with E-state index in [9.17, 15) is 13.2 Å². The second kappa shape index (κ2) is 5.53. The summed E-state index contributed by atoms with van der Waals surface area (Å²) in [7, 11) is 1.53. The molecule has 1 aromatic heterocycles. The third-order valence-electron chi connectivity index (χ3n) is 2.28. The third-order valence-corrected chi connectivity index (χ3v) is 2.57. The highest BCUT2D eigenvalue weighted by atomic mass is 35.5. The Kier molecular flexibility index (Phi) is 4.56. The molecule has 0 unspecified atom stereocenters. The van der Waals surface area contributed by atoms with Crippen molar-refractivity contribution in [2.24, 2.45) is 0 Å². The van der Waals surface area contributed by atoms with Gasteiger partial charge in [0.05, 0.1) is 12.3 Å². The van der Waals surface area contributed by atoms with Crippen LogP contribution >= 0.6 is 11.6 Å². The van der Waals surface area contributed by atoms with Crippen molar-refractivity contribution in [3.8, 4) is 0 Å². The minimum Gasteiger partial charge on any atom is -0.344 e. The van der Waals surface area contributed by atoms with E-state index in [1.165, 1.54) is 18.1 Å². The first kappa shape index (κ1) is 14.0. The van der Waals surface area contributed by atoms with E-state index in [-0.39, 0.29) is 12.5 Å². The second-order valence-electron chi connectivity index (χ2n) is 3.70. The summed E-state index contributed by atoms with van der Waals surface area (Å²) in [6.45, 7) is 1.59. The topological polar surface area (TPSA) is 29.0 Å². The number of aromatic nitrogens is 2. The number of rotatable bonds is 4. The van der Waals surface area contributed by atoms with Crippen LogP contribution in [0.25, 0.3) is 0 Å².